The highest BCUT2D eigenvalue weighted by atomic mass is 35.5. The molecule has 1 saturated heterocycles. The molecule has 0 unspecified atom stereocenters. The number of hydrogen-bond donors (Lipinski definition) is 2. The molecule has 0 amide bonds. The lowest BCUT2D eigenvalue weighted by Crippen LogP contribution is -2.40. The first-order valence-corrected chi connectivity index (χ1v) is 8.46. The standard InChI is InChI=1S/C17H18ClF3N4O/c18-13-9-14(25-15(22)24-13)23-10-16(4-6-26-7-5-16)11-2-1-3-12(8-11)17(19,20)21/h1-3,8-9H,4-7,10H2,(H3,22,23,24,25). The Morgan fingerprint density at radius 3 is 2.58 bits per heavy atom. The van der Waals surface area contributed by atoms with Crippen molar-refractivity contribution >= 4 is 23.4 Å². The molecule has 0 aliphatic carbocycles. The molecule has 3 rings (SSSR count). The summed E-state index contributed by atoms with van der Waals surface area (Å²) in [4.78, 5) is 7.85. The van der Waals surface area contributed by atoms with Gasteiger partial charge in [0.15, 0.2) is 0 Å². The highest BCUT2D eigenvalue weighted by Gasteiger charge is 2.37. The maximum atomic E-state index is 13.1. The molecule has 9 heteroatoms. The summed E-state index contributed by atoms with van der Waals surface area (Å²) in [5.74, 6) is 0.459. The van der Waals surface area contributed by atoms with Crippen LogP contribution in [0.2, 0.25) is 5.15 Å². The highest BCUT2D eigenvalue weighted by Crippen LogP contribution is 2.38. The van der Waals surface area contributed by atoms with E-state index < -0.39 is 17.2 Å². The Bertz CT molecular complexity index is 759. The van der Waals surface area contributed by atoms with Gasteiger partial charge in [-0.15, -0.1) is 0 Å². The first kappa shape index (κ1) is 18.7. The number of anilines is 2. The number of hydrogen-bond acceptors (Lipinski definition) is 5. The van der Waals surface area contributed by atoms with Crippen molar-refractivity contribution in [3.63, 3.8) is 0 Å². The van der Waals surface area contributed by atoms with Gasteiger partial charge in [-0.05, 0) is 24.5 Å². The molecule has 26 heavy (non-hydrogen) atoms. The van der Waals surface area contributed by atoms with Crippen LogP contribution in [0.25, 0.3) is 0 Å². The van der Waals surface area contributed by atoms with E-state index in [0.717, 1.165) is 6.07 Å². The number of rotatable bonds is 4. The summed E-state index contributed by atoms with van der Waals surface area (Å²) in [6.45, 7) is 1.33. The van der Waals surface area contributed by atoms with Crippen LogP contribution in [0.4, 0.5) is 24.9 Å². The molecule has 0 spiro atoms. The third-order valence-electron chi connectivity index (χ3n) is 4.57. The smallest absolute Gasteiger partial charge is 0.381 e. The van der Waals surface area contributed by atoms with Crippen molar-refractivity contribution in [2.24, 2.45) is 0 Å². The fraction of sp³-hybridized carbons (Fsp3) is 0.412. The molecule has 1 aromatic heterocycles. The van der Waals surface area contributed by atoms with Crippen LogP contribution in [0.15, 0.2) is 30.3 Å². The van der Waals surface area contributed by atoms with Gasteiger partial charge < -0.3 is 15.8 Å². The van der Waals surface area contributed by atoms with Crippen LogP contribution in [0, 0.1) is 0 Å². The van der Waals surface area contributed by atoms with Crippen molar-refractivity contribution in [2.45, 2.75) is 24.4 Å². The molecule has 1 aliphatic rings. The van der Waals surface area contributed by atoms with E-state index in [2.05, 4.69) is 15.3 Å². The number of nitrogen functional groups attached to an aromatic ring is 1. The Hall–Kier alpha value is -2.06. The van der Waals surface area contributed by atoms with Gasteiger partial charge in [0, 0.05) is 31.2 Å². The maximum Gasteiger partial charge on any atom is 0.416 e. The van der Waals surface area contributed by atoms with E-state index in [1.165, 1.54) is 18.2 Å². The number of benzene rings is 1. The van der Waals surface area contributed by atoms with Gasteiger partial charge in [0.2, 0.25) is 5.95 Å². The SMILES string of the molecule is Nc1nc(Cl)cc(NCC2(c3cccc(C(F)(F)F)c3)CCOCC2)n1. The molecule has 3 N–H and O–H groups in total. The summed E-state index contributed by atoms with van der Waals surface area (Å²) >= 11 is 5.88. The topological polar surface area (TPSA) is 73.1 Å². The normalized spacial score (nSPS) is 17.1. The molecule has 0 bridgehead atoms. The summed E-state index contributed by atoms with van der Waals surface area (Å²) < 4.78 is 44.8. The van der Waals surface area contributed by atoms with Crippen LogP contribution < -0.4 is 11.1 Å². The van der Waals surface area contributed by atoms with Crippen LogP contribution >= 0.6 is 11.6 Å². The summed E-state index contributed by atoms with van der Waals surface area (Å²) in [7, 11) is 0. The van der Waals surface area contributed by atoms with Gasteiger partial charge in [-0.25, -0.2) is 4.98 Å². The molecule has 0 saturated carbocycles. The molecule has 1 aromatic carbocycles. The van der Waals surface area contributed by atoms with Gasteiger partial charge >= 0.3 is 6.18 Å². The largest absolute Gasteiger partial charge is 0.416 e. The van der Waals surface area contributed by atoms with Crippen molar-refractivity contribution in [3.8, 4) is 0 Å². The first-order valence-electron chi connectivity index (χ1n) is 8.08. The molecular weight excluding hydrogens is 369 g/mol. The van der Waals surface area contributed by atoms with Gasteiger partial charge in [-0.1, -0.05) is 29.8 Å². The maximum absolute atomic E-state index is 13.1. The summed E-state index contributed by atoms with van der Waals surface area (Å²) in [5.41, 5.74) is 5.04. The minimum absolute atomic E-state index is 0.0279. The van der Waals surface area contributed by atoms with E-state index in [-0.39, 0.29) is 11.1 Å². The molecule has 2 aromatic rings. The van der Waals surface area contributed by atoms with Crippen LogP contribution in [-0.2, 0) is 16.3 Å². The summed E-state index contributed by atoms with van der Waals surface area (Å²) in [6, 6.07) is 6.98. The predicted molar refractivity (Wildman–Crippen MR) is 93.1 cm³/mol. The molecule has 2 heterocycles. The lowest BCUT2D eigenvalue weighted by atomic mass is 9.73. The monoisotopic (exact) mass is 386 g/mol. The Morgan fingerprint density at radius 1 is 1.19 bits per heavy atom. The average molecular weight is 387 g/mol. The number of halogens is 4. The van der Waals surface area contributed by atoms with E-state index in [4.69, 9.17) is 22.1 Å². The fourth-order valence-corrected chi connectivity index (χ4v) is 3.33. The lowest BCUT2D eigenvalue weighted by molar-refractivity contribution is -0.137. The Balaban J connectivity index is 1.89. The van der Waals surface area contributed by atoms with E-state index in [1.807, 2.05) is 0 Å². The second kappa shape index (κ2) is 7.28. The third kappa shape index (κ3) is 4.19. The Labute approximate surface area is 153 Å². The van der Waals surface area contributed by atoms with Crippen molar-refractivity contribution in [1.29, 1.82) is 0 Å². The number of alkyl halides is 3. The zero-order valence-corrected chi connectivity index (χ0v) is 14.6. The molecule has 0 atom stereocenters. The molecule has 140 valence electrons. The quantitative estimate of drug-likeness (QED) is 0.780. The number of aromatic nitrogens is 2. The fourth-order valence-electron chi connectivity index (χ4n) is 3.14. The second-order valence-corrected chi connectivity index (χ2v) is 6.65. The number of ether oxygens (including phenoxy) is 1. The van der Waals surface area contributed by atoms with Crippen molar-refractivity contribution in [3.05, 3.63) is 46.6 Å². The minimum atomic E-state index is -4.38. The van der Waals surface area contributed by atoms with Crippen LogP contribution in [0.1, 0.15) is 24.0 Å². The van der Waals surface area contributed by atoms with Gasteiger partial charge in [-0.3, -0.25) is 0 Å². The van der Waals surface area contributed by atoms with Crippen molar-refractivity contribution < 1.29 is 17.9 Å². The summed E-state index contributed by atoms with van der Waals surface area (Å²) in [5, 5.41) is 3.34. The van der Waals surface area contributed by atoms with E-state index in [0.29, 0.717) is 44.0 Å². The second-order valence-electron chi connectivity index (χ2n) is 6.26. The van der Waals surface area contributed by atoms with Crippen molar-refractivity contribution in [2.75, 3.05) is 30.8 Å². The average Bonchev–Trinajstić information content (AvgIpc) is 2.59. The molecule has 1 fully saturated rings. The molecular formula is C17H18ClF3N4O. The van der Waals surface area contributed by atoms with E-state index in [9.17, 15) is 13.2 Å². The van der Waals surface area contributed by atoms with E-state index in [1.54, 1.807) is 6.07 Å². The molecule has 1 aliphatic heterocycles. The van der Waals surface area contributed by atoms with E-state index >= 15 is 0 Å². The van der Waals surface area contributed by atoms with Crippen molar-refractivity contribution in [1.82, 2.24) is 9.97 Å². The number of nitrogens with two attached hydrogens (primary N) is 1. The third-order valence-corrected chi connectivity index (χ3v) is 4.77. The number of nitrogens with one attached hydrogen (secondary N) is 1. The zero-order chi connectivity index (χ0) is 18.8. The summed E-state index contributed by atoms with van der Waals surface area (Å²) in [6.07, 6.45) is -3.20. The van der Waals surface area contributed by atoms with Crippen LogP contribution in [-0.4, -0.2) is 29.7 Å². The Morgan fingerprint density at radius 2 is 1.92 bits per heavy atom. The molecule has 0 radical (unpaired) electrons. The predicted octanol–water partition coefficient (Wildman–Crippen LogP) is 3.89. The minimum Gasteiger partial charge on any atom is -0.381 e. The lowest BCUT2D eigenvalue weighted by Gasteiger charge is -2.38. The van der Waals surface area contributed by atoms with Crippen LogP contribution in [0.5, 0.6) is 0 Å². The van der Waals surface area contributed by atoms with Gasteiger partial charge in [-0.2, -0.15) is 18.2 Å². The first-order chi connectivity index (χ1) is 12.3. The zero-order valence-electron chi connectivity index (χ0n) is 13.8. The van der Waals surface area contributed by atoms with Gasteiger partial charge in [0.1, 0.15) is 11.0 Å². The highest BCUT2D eigenvalue weighted by molar-refractivity contribution is 6.29. The Kier molecular flexibility index (Phi) is 5.24. The van der Waals surface area contributed by atoms with Crippen LogP contribution in [0.3, 0.4) is 0 Å². The van der Waals surface area contributed by atoms with Gasteiger partial charge in [0.05, 0.1) is 5.56 Å². The van der Waals surface area contributed by atoms with Gasteiger partial charge in [0.25, 0.3) is 0 Å². The number of nitrogens with zero attached hydrogens (tertiary/aromatic N) is 2. The molecule has 5 nitrogen and oxygen atoms in total.